The van der Waals surface area contributed by atoms with E-state index in [-0.39, 0.29) is 24.8 Å². The van der Waals surface area contributed by atoms with Crippen LogP contribution in [0.1, 0.15) is 24.5 Å². The zero-order valence-electron chi connectivity index (χ0n) is 16.8. The number of amides is 2. The first-order valence-electron chi connectivity index (χ1n) is 9.66. The molecule has 0 aliphatic carbocycles. The molecule has 1 saturated heterocycles. The number of hydrazone groups is 1. The van der Waals surface area contributed by atoms with E-state index < -0.39 is 5.79 Å². The third kappa shape index (κ3) is 6.98. The Kier molecular flexibility index (Phi) is 7.53. The van der Waals surface area contributed by atoms with Crippen LogP contribution < -0.4 is 15.5 Å². The van der Waals surface area contributed by atoms with E-state index >= 15 is 0 Å². The van der Waals surface area contributed by atoms with Crippen molar-refractivity contribution in [2.75, 3.05) is 19.8 Å². The van der Waals surface area contributed by atoms with E-state index in [0.29, 0.717) is 25.5 Å². The van der Waals surface area contributed by atoms with Gasteiger partial charge in [0.2, 0.25) is 5.91 Å². The molecule has 1 aliphatic rings. The van der Waals surface area contributed by atoms with Crippen LogP contribution in [0.4, 0.5) is 0 Å². The lowest BCUT2D eigenvalue weighted by Crippen LogP contribution is -2.33. The molecule has 0 atom stereocenters. The van der Waals surface area contributed by atoms with Gasteiger partial charge in [-0.15, -0.1) is 0 Å². The van der Waals surface area contributed by atoms with Gasteiger partial charge >= 0.3 is 0 Å². The Labute approximate surface area is 175 Å². The van der Waals surface area contributed by atoms with E-state index in [1.165, 1.54) is 6.21 Å². The Morgan fingerprint density at radius 3 is 2.47 bits per heavy atom. The van der Waals surface area contributed by atoms with Gasteiger partial charge in [0, 0.05) is 6.54 Å². The molecule has 0 unspecified atom stereocenters. The molecule has 30 heavy (non-hydrogen) atoms. The van der Waals surface area contributed by atoms with E-state index in [4.69, 9.17) is 14.2 Å². The van der Waals surface area contributed by atoms with Crippen LogP contribution in [0.5, 0.6) is 5.75 Å². The molecule has 158 valence electrons. The Bertz CT molecular complexity index is 862. The molecule has 0 bridgehead atoms. The molecule has 8 heteroatoms. The maximum Gasteiger partial charge on any atom is 0.258 e. The molecule has 0 saturated carbocycles. The molecular formula is C22H25N3O5. The topological polar surface area (TPSA) is 98.2 Å². The highest BCUT2D eigenvalue weighted by atomic mass is 16.7. The fourth-order valence-electron chi connectivity index (χ4n) is 2.82. The van der Waals surface area contributed by atoms with Gasteiger partial charge in [-0.2, -0.15) is 5.10 Å². The van der Waals surface area contributed by atoms with Crippen LogP contribution >= 0.6 is 0 Å². The Morgan fingerprint density at radius 2 is 1.77 bits per heavy atom. The number of benzene rings is 2. The zero-order chi connectivity index (χ0) is 21.2. The molecule has 1 fully saturated rings. The first-order valence-corrected chi connectivity index (χ1v) is 9.66. The summed E-state index contributed by atoms with van der Waals surface area (Å²) in [5, 5.41) is 6.74. The summed E-state index contributed by atoms with van der Waals surface area (Å²) in [6, 6.07) is 16.7. The number of ether oxygens (including phenoxy) is 3. The average molecular weight is 411 g/mol. The second-order valence-electron chi connectivity index (χ2n) is 6.92. The number of hydrogen-bond donors (Lipinski definition) is 2. The Hall–Kier alpha value is -3.23. The second-order valence-corrected chi connectivity index (χ2v) is 6.92. The molecule has 1 heterocycles. The molecule has 0 radical (unpaired) electrons. The first kappa shape index (κ1) is 21.5. The first-order chi connectivity index (χ1) is 14.5. The minimum absolute atomic E-state index is 0.0702. The monoisotopic (exact) mass is 411 g/mol. The van der Waals surface area contributed by atoms with Gasteiger partial charge in [0.05, 0.1) is 25.8 Å². The van der Waals surface area contributed by atoms with Crippen molar-refractivity contribution in [2.24, 2.45) is 5.10 Å². The van der Waals surface area contributed by atoms with Gasteiger partial charge in [-0.25, -0.2) is 5.43 Å². The maximum atomic E-state index is 11.9. The number of carbonyl (C=O) groups is 2. The van der Waals surface area contributed by atoms with Gasteiger partial charge in [-0.1, -0.05) is 30.3 Å². The molecule has 0 spiro atoms. The zero-order valence-corrected chi connectivity index (χ0v) is 16.8. The number of hydrogen-bond acceptors (Lipinski definition) is 6. The number of carbonyl (C=O) groups excluding carboxylic acids is 2. The number of rotatable bonds is 9. The summed E-state index contributed by atoms with van der Waals surface area (Å²) in [6.07, 6.45) is 1.59. The van der Waals surface area contributed by atoms with Crippen molar-refractivity contribution in [1.29, 1.82) is 0 Å². The summed E-state index contributed by atoms with van der Waals surface area (Å²) in [5.74, 6) is -0.811. The van der Waals surface area contributed by atoms with E-state index in [1.807, 2.05) is 30.3 Å². The fourth-order valence-corrected chi connectivity index (χ4v) is 2.82. The van der Waals surface area contributed by atoms with E-state index in [0.717, 1.165) is 11.1 Å². The largest absolute Gasteiger partial charge is 0.484 e. The van der Waals surface area contributed by atoms with Crippen molar-refractivity contribution in [2.45, 2.75) is 25.7 Å². The maximum absolute atomic E-state index is 11.9. The normalized spacial score (nSPS) is 15.1. The molecule has 8 nitrogen and oxygen atoms in total. The summed E-state index contributed by atoms with van der Waals surface area (Å²) in [6.45, 7) is 3.08. The van der Waals surface area contributed by atoms with E-state index in [1.54, 1.807) is 31.2 Å². The molecule has 1 aliphatic heterocycles. The van der Waals surface area contributed by atoms with Crippen LogP contribution in [0.15, 0.2) is 59.7 Å². The summed E-state index contributed by atoms with van der Waals surface area (Å²) < 4.78 is 16.3. The predicted molar refractivity (Wildman–Crippen MR) is 111 cm³/mol. The third-order valence-corrected chi connectivity index (χ3v) is 4.37. The summed E-state index contributed by atoms with van der Waals surface area (Å²) >= 11 is 0. The van der Waals surface area contributed by atoms with Crippen LogP contribution in [-0.4, -0.2) is 43.6 Å². The smallest absolute Gasteiger partial charge is 0.258 e. The number of nitrogens with zero attached hydrogens (tertiary/aromatic N) is 1. The standard InChI is InChI=1S/C22H25N3O5/c1-22(29-11-12-30-22)13-20(26)25-24-15-18-7-9-19(10-8-18)28-16-21(27)23-14-17-5-3-2-4-6-17/h2-10,15H,11-14,16H2,1H3,(H,23,27)(H,25,26)/b24-15-. The summed E-state index contributed by atoms with van der Waals surface area (Å²) in [7, 11) is 0. The van der Waals surface area contributed by atoms with Crippen molar-refractivity contribution >= 4 is 18.0 Å². The lowest BCUT2D eigenvalue weighted by atomic mass is 10.2. The van der Waals surface area contributed by atoms with Gasteiger partial charge in [0.25, 0.3) is 5.91 Å². The van der Waals surface area contributed by atoms with Crippen LogP contribution in [-0.2, 0) is 25.6 Å². The van der Waals surface area contributed by atoms with Crippen molar-refractivity contribution in [3.63, 3.8) is 0 Å². The van der Waals surface area contributed by atoms with Gasteiger partial charge < -0.3 is 19.5 Å². The molecule has 2 amide bonds. The lowest BCUT2D eigenvalue weighted by molar-refractivity contribution is -0.159. The summed E-state index contributed by atoms with van der Waals surface area (Å²) in [4.78, 5) is 23.8. The third-order valence-electron chi connectivity index (χ3n) is 4.37. The van der Waals surface area contributed by atoms with Crippen molar-refractivity contribution in [3.8, 4) is 5.75 Å². The Morgan fingerprint density at radius 1 is 1.07 bits per heavy atom. The molecule has 0 aromatic heterocycles. The highest BCUT2D eigenvalue weighted by molar-refractivity contribution is 5.82. The van der Waals surface area contributed by atoms with E-state index in [9.17, 15) is 9.59 Å². The quantitative estimate of drug-likeness (QED) is 0.486. The highest BCUT2D eigenvalue weighted by Gasteiger charge is 2.33. The molecule has 2 aromatic rings. The van der Waals surface area contributed by atoms with Gasteiger partial charge in [-0.3, -0.25) is 9.59 Å². The fraction of sp³-hybridized carbons (Fsp3) is 0.318. The van der Waals surface area contributed by atoms with Crippen LogP contribution in [0.3, 0.4) is 0 Å². The highest BCUT2D eigenvalue weighted by Crippen LogP contribution is 2.22. The SMILES string of the molecule is CC1(CC(=O)N/N=C\c2ccc(OCC(=O)NCc3ccccc3)cc2)OCCO1. The molecule has 2 N–H and O–H groups in total. The van der Waals surface area contributed by atoms with Crippen LogP contribution in [0.2, 0.25) is 0 Å². The lowest BCUT2D eigenvalue weighted by Gasteiger charge is -2.20. The number of nitrogens with one attached hydrogen (secondary N) is 2. The summed E-state index contributed by atoms with van der Waals surface area (Å²) in [5.41, 5.74) is 4.25. The Balaban J connectivity index is 1.37. The minimum Gasteiger partial charge on any atom is -0.484 e. The molecular weight excluding hydrogens is 386 g/mol. The predicted octanol–water partition coefficient (Wildman–Crippen LogP) is 1.98. The minimum atomic E-state index is -0.883. The van der Waals surface area contributed by atoms with Crippen molar-refractivity contribution < 1.29 is 23.8 Å². The van der Waals surface area contributed by atoms with Crippen LogP contribution in [0, 0.1) is 0 Å². The van der Waals surface area contributed by atoms with Crippen molar-refractivity contribution in [1.82, 2.24) is 10.7 Å². The molecule has 2 aromatic carbocycles. The molecule has 3 rings (SSSR count). The van der Waals surface area contributed by atoms with Gasteiger partial charge in [0.15, 0.2) is 12.4 Å². The van der Waals surface area contributed by atoms with Gasteiger partial charge in [-0.05, 0) is 42.3 Å². The van der Waals surface area contributed by atoms with Crippen molar-refractivity contribution in [3.05, 3.63) is 65.7 Å². The van der Waals surface area contributed by atoms with E-state index in [2.05, 4.69) is 15.8 Å². The van der Waals surface area contributed by atoms with Gasteiger partial charge in [0.1, 0.15) is 5.75 Å². The second kappa shape index (κ2) is 10.5. The van der Waals surface area contributed by atoms with Crippen LogP contribution in [0.25, 0.3) is 0 Å². The average Bonchev–Trinajstić information content (AvgIpc) is 3.18.